The number of ether oxygens (including phenoxy) is 1. The first-order valence-electron chi connectivity index (χ1n) is 4.33. The SMILES string of the molecule is COc1ccc(CC(O)C(F)F)cc1Br. The fourth-order valence-corrected chi connectivity index (χ4v) is 1.76. The molecular weight excluding hydrogens is 270 g/mol. The van der Waals surface area contributed by atoms with Crippen LogP contribution < -0.4 is 4.74 Å². The van der Waals surface area contributed by atoms with Crippen molar-refractivity contribution in [3.8, 4) is 5.75 Å². The van der Waals surface area contributed by atoms with Crippen LogP contribution in [-0.2, 0) is 6.42 Å². The highest BCUT2D eigenvalue weighted by Crippen LogP contribution is 2.26. The third-order valence-corrected chi connectivity index (χ3v) is 2.57. The Morgan fingerprint density at radius 1 is 1.47 bits per heavy atom. The van der Waals surface area contributed by atoms with Crippen molar-refractivity contribution in [2.24, 2.45) is 0 Å². The lowest BCUT2D eigenvalue weighted by Crippen LogP contribution is -2.20. The molecule has 84 valence electrons. The van der Waals surface area contributed by atoms with Gasteiger partial charge in [0, 0.05) is 6.42 Å². The molecule has 0 bridgehead atoms. The number of halogens is 3. The van der Waals surface area contributed by atoms with Crippen molar-refractivity contribution >= 4 is 15.9 Å². The number of aliphatic hydroxyl groups excluding tert-OH is 1. The Kier molecular flexibility index (Phi) is 4.47. The number of methoxy groups -OCH3 is 1. The van der Waals surface area contributed by atoms with E-state index in [0.717, 1.165) is 0 Å². The molecule has 0 amide bonds. The predicted octanol–water partition coefficient (Wildman–Crippen LogP) is 2.63. The summed E-state index contributed by atoms with van der Waals surface area (Å²) < 4.78 is 29.8. The predicted molar refractivity (Wildman–Crippen MR) is 56.4 cm³/mol. The van der Waals surface area contributed by atoms with E-state index >= 15 is 0 Å². The first kappa shape index (κ1) is 12.4. The number of rotatable bonds is 4. The molecule has 5 heteroatoms. The topological polar surface area (TPSA) is 29.5 Å². The smallest absolute Gasteiger partial charge is 0.264 e. The average molecular weight is 281 g/mol. The summed E-state index contributed by atoms with van der Waals surface area (Å²) in [5.74, 6) is 0.630. The van der Waals surface area contributed by atoms with Crippen LogP contribution in [0.2, 0.25) is 0 Å². The van der Waals surface area contributed by atoms with Crippen molar-refractivity contribution in [3.63, 3.8) is 0 Å². The minimum atomic E-state index is -2.72. The molecule has 0 aliphatic heterocycles. The van der Waals surface area contributed by atoms with Gasteiger partial charge in [0.1, 0.15) is 11.9 Å². The van der Waals surface area contributed by atoms with E-state index in [1.165, 1.54) is 7.11 Å². The van der Waals surface area contributed by atoms with E-state index in [2.05, 4.69) is 15.9 Å². The Morgan fingerprint density at radius 3 is 2.60 bits per heavy atom. The molecule has 2 nitrogen and oxygen atoms in total. The molecule has 0 saturated carbocycles. The van der Waals surface area contributed by atoms with Gasteiger partial charge in [0.2, 0.25) is 0 Å². The van der Waals surface area contributed by atoms with Gasteiger partial charge in [-0.3, -0.25) is 0 Å². The van der Waals surface area contributed by atoms with Crippen molar-refractivity contribution in [2.75, 3.05) is 7.11 Å². The highest BCUT2D eigenvalue weighted by atomic mass is 79.9. The molecule has 1 atom stereocenters. The maximum atomic E-state index is 12.1. The molecule has 1 N–H and O–H groups in total. The normalized spacial score (nSPS) is 12.9. The summed E-state index contributed by atoms with van der Waals surface area (Å²) in [4.78, 5) is 0. The van der Waals surface area contributed by atoms with Gasteiger partial charge in [-0.1, -0.05) is 6.07 Å². The van der Waals surface area contributed by atoms with E-state index < -0.39 is 12.5 Å². The van der Waals surface area contributed by atoms with Crippen LogP contribution in [0.4, 0.5) is 8.78 Å². The summed E-state index contributed by atoms with van der Waals surface area (Å²) in [6.07, 6.45) is -4.41. The first-order valence-corrected chi connectivity index (χ1v) is 5.12. The maximum Gasteiger partial charge on any atom is 0.264 e. The zero-order valence-corrected chi connectivity index (χ0v) is 9.67. The van der Waals surface area contributed by atoms with Gasteiger partial charge in [-0.15, -0.1) is 0 Å². The Balaban J connectivity index is 2.75. The molecule has 0 spiro atoms. The molecule has 0 saturated heterocycles. The van der Waals surface area contributed by atoms with Gasteiger partial charge in [-0.25, -0.2) is 8.78 Å². The van der Waals surface area contributed by atoms with Crippen LogP contribution in [0, 0.1) is 0 Å². The van der Waals surface area contributed by atoms with Crippen LogP contribution in [0.25, 0.3) is 0 Å². The Labute approximate surface area is 95.0 Å². The van der Waals surface area contributed by atoms with E-state index in [4.69, 9.17) is 9.84 Å². The monoisotopic (exact) mass is 280 g/mol. The second-order valence-corrected chi connectivity index (χ2v) is 3.93. The summed E-state index contributed by atoms with van der Waals surface area (Å²) in [6.45, 7) is 0. The minimum absolute atomic E-state index is 0.0692. The van der Waals surface area contributed by atoms with Crippen LogP contribution in [-0.4, -0.2) is 24.7 Å². The van der Waals surface area contributed by atoms with E-state index in [-0.39, 0.29) is 6.42 Å². The molecule has 0 aliphatic carbocycles. The van der Waals surface area contributed by atoms with Crippen molar-refractivity contribution in [2.45, 2.75) is 19.0 Å². The van der Waals surface area contributed by atoms with Crippen LogP contribution >= 0.6 is 15.9 Å². The quantitative estimate of drug-likeness (QED) is 0.919. The number of hydrogen-bond acceptors (Lipinski definition) is 2. The van der Waals surface area contributed by atoms with Crippen LogP contribution in [0.1, 0.15) is 5.56 Å². The zero-order valence-electron chi connectivity index (χ0n) is 8.08. The summed E-state index contributed by atoms with van der Waals surface area (Å²) in [7, 11) is 1.52. The molecule has 15 heavy (non-hydrogen) atoms. The van der Waals surface area contributed by atoms with Crippen LogP contribution in [0.5, 0.6) is 5.75 Å². The fraction of sp³-hybridized carbons (Fsp3) is 0.400. The first-order chi connectivity index (χ1) is 7.04. The van der Waals surface area contributed by atoms with Crippen LogP contribution in [0.3, 0.4) is 0 Å². The fourth-order valence-electron chi connectivity index (χ4n) is 1.17. The Hall–Kier alpha value is -0.680. The lowest BCUT2D eigenvalue weighted by molar-refractivity contribution is -0.00366. The third-order valence-electron chi connectivity index (χ3n) is 1.95. The van der Waals surface area contributed by atoms with Gasteiger partial charge in [0.25, 0.3) is 6.43 Å². The molecule has 1 rings (SSSR count). The number of alkyl halides is 2. The van der Waals surface area contributed by atoms with Gasteiger partial charge in [-0.05, 0) is 33.6 Å². The molecule has 0 aromatic heterocycles. The van der Waals surface area contributed by atoms with E-state index in [1.807, 2.05) is 0 Å². The average Bonchev–Trinajstić information content (AvgIpc) is 2.18. The summed E-state index contributed by atoms with van der Waals surface area (Å²) in [5.41, 5.74) is 0.635. The van der Waals surface area contributed by atoms with Gasteiger partial charge in [0.05, 0.1) is 11.6 Å². The summed E-state index contributed by atoms with van der Waals surface area (Å²) in [6, 6.07) is 4.97. The molecule has 1 unspecified atom stereocenters. The van der Waals surface area contributed by atoms with Gasteiger partial charge < -0.3 is 9.84 Å². The number of benzene rings is 1. The Morgan fingerprint density at radius 2 is 2.13 bits per heavy atom. The molecular formula is C10H11BrF2O2. The summed E-state index contributed by atoms with van der Waals surface area (Å²) >= 11 is 3.24. The second kappa shape index (κ2) is 5.42. The molecule has 0 fully saturated rings. The molecule has 1 aromatic rings. The summed E-state index contributed by atoms with van der Waals surface area (Å²) in [5, 5.41) is 9.00. The second-order valence-electron chi connectivity index (χ2n) is 3.07. The van der Waals surface area contributed by atoms with E-state index in [0.29, 0.717) is 15.8 Å². The zero-order chi connectivity index (χ0) is 11.4. The van der Waals surface area contributed by atoms with Crippen molar-refractivity contribution in [3.05, 3.63) is 28.2 Å². The van der Waals surface area contributed by atoms with E-state index in [9.17, 15) is 8.78 Å². The Bertz CT molecular complexity index is 331. The van der Waals surface area contributed by atoms with E-state index in [1.54, 1.807) is 18.2 Å². The van der Waals surface area contributed by atoms with Crippen LogP contribution in [0.15, 0.2) is 22.7 Å². The molecule has 1 aromatic carbocycles. The molecule has 0 aliphatic rings. The third kappa shape index (κ3) is 3.43. The minimum Gasteiger partial charge on any atom is -0.496 e. The number of aliphatic hydroxyl groups is 1. The number of hydrogen-bond donors (Lipinski definition) is 1. The van der Waals surface area contributed by atoms with Crippen molar-refractivity contribution in [1.82, 2.24) is 0 Å². The van der Waals surface area contributed by atoms with Gasteiger partial charge >= 0.3 is 0 Å². The molecule has 0 heterocycles. The molecule has 0 radical (unpaired) electrons. The standard InChI is InChI=1S/C10H11BrF2O2/c1-15-9-3-2-6(4-7(9)11)5-8(14)10(12)13/h2-4,8,10,14H,5H2,1H3. The maximum absolute atomic E-state index is 12.1. The largest absolute Gasteiger partial charge is 0.496 e. The highest BCUT2D eigenvalue weighted by molar-refractivity contribution is 9.10. The van der Waals surface area contributed by atoms with Crippen molar-refractivity contribution in [1.29, 1.82) is 0 Å². The van der Waals surface area contributed by atoms with Crippen molar-refractivity contribution < 1.29 is 18.6 Å². The lowest BCUT2D eigenvalue weighted by atomic mass is 10.1. The lowest BCUT2D eigenvalue weighted by Gasteiger charge is -2.10. The highest BCUT2D eigenvalue weighted by Gasteiger charge is 2.17. The van der Waals surface area contributed by atoms with Gasteiger partial charge in [-0.2, -0.15) is 0 Å². The van der Waals surface area contributed by atoms with Gasteiger partial charge in [0.15, 0.2) is 0 Å².